The molecule has 2 unspecified atom stereocenters. The number of hydrogen-bond acceptors (Lipinski definition) is 2. The molecule has 3 nitrogen and oxygen atoms in total. The smallest absolute Gasteiger partial charge is 0.129 e. The van der Waals surface area contributed by atoms with Crippen molar-refractivity contribution in [3.8, 4) is 0 Å². The second-order valence-electron chi connectivity index (χ2n) is 5.15. The fourth-order valence-electron chi connectivity index (χ4n) is 2.31. The maximum Gasteiger partial charge on any atom is 0.129 e. The Labute approximate surface area is 102 Å². The van der Waals surface area contributed by atoms with Crippen LogP contribution in [0.25, 0.3) is 0 Å². The van der Waals surface area contributed by atoms with E-state index in [-0.39, 0.29) is 0 Å². The highest BCUT2D eigenvalue weighted by Gasteiger charge is 2.32. The molecule has 0 aromatic carbocycles. The van der Waals surface area contributed by atoms with Gasteiger partial charge in [0.05, 0.1) is 5.69 Å². The van der Waals surface area contributed by atoms with Crippen LogP contribution in [0.1, 0.15) is 44.8 Å². The van der Waals surface area contributed by atoms with Crippen LogP contribution in [0.15, 0.2) is 12.3 Å². The average molecular weight is 239 g/mol. The van der Waals surface area contributed by atoms with E-state index in [1.54, 1.807) is 0 Å². The number of rotatable bonds is 4. The summed E-state index contributed by atoms with van der Waals surface area (Å²) < 4.78 is 16.4. The molecule has 1 aromatic heterocycles. The first-order chi connectivity index (χ1) is 8.13. The van der Waals surface area contributed by atoms with Gasteiger partial charge in [0.1, 0.15) is 5.67 Å². The maximum absolute atomic E-state index is 14.4. The molecule has 1 saturated heterocycles. The molecule has 0 bridgehead atoms. The first-order valence-corrected chi connectivity index (χ1v) is 6.57. The van der Waals surface area contributed by atoms with Gasteiger partial charge in [0, 0.05) is 25.2 Å². The lowest BCUT2D eigenvalue weighted by atomic mass is 9.91. The summed E-state index contributed by atoms with van der Waals surface area (Å²) in [6.07, 6.45) is 5.01. The Balaban J connectivity index is 2.00. The van der Waals surface area contributed by atoms with E-state index in [2.05, 4.69) is 24.3 Å². The molecule has 0 radical (unpaired) electrons. The van der Waals surface area contributed by atoms with Gasteiger partial charge in [0.2, 0.25) is 0 Å². The molecule has 0 aliphatic carbocycles. The summed E-state index contributed by atoms with van der Waals surface area (Å²) >= 11 is 0. The molecule has 1 aromatic rings. The first-order valence-electron chi connectivity index (χ1n) is 6.57. The van der Waals surface area contributed by atoms with Crippen LogP contribution in [0.5, 0.6) is 0 Å². The number of aromatic nitrogens is 2. The van der Waals surface area contributed by atoms with Gasteiger partial charge in [-0.15, -0.1) is 0 Å². The van der Waals surface area contributed by atoms with E-state index in [4.69, 9.17) is 0 Å². The van der Waals surface area contributed by atoms with Crippen LogP contribution in [0, 0.1) is 0 Å². The number of alkyl halides is 1. The Kier molecular flexibility index (Phi) is 3.82. The van der Waals surface area contributed by atoms with Crippen molar-refractivity contribution in [2.45, 2.75) is 51.2 Å². The normalized spacial score (nSPS) is 27.0. The highest BCUT2D eigenvalue weighted by molar-refractivity contribution is 5.06. The van der Waals surface area contributed by atoms with E-state index in [9.17, 15) is 4.39 Å². The SMILES string of the molecule is CCC(C)n1ccc(CC2(F)CCCNC2)n1. The second-order valence-corrected chi connectivity index (χ2v) is 5.15. The topological polar surface area (TPSA) is 29.9 Å². The summed E-state index contributed by atoms with van der Waals surface area (Å²) in [5.74, 6) is 0. The van der Waals surface area contributed by atoms with E-state index < -0.39 is 5.67 Å². The average Bonchev–Trinajstić information content (AvgIpc) is 2.76. The number of halogens is 1. The van der Waals surface area contributed by atoms with Gasteiger partial charge >= 0.3 is 0 Å². The summed E-state index contributed by atoms with van der Waals surface area (Å²) in [5.41, 5.74) is -0.233. The van der Waals surface area contributed by atoms with Crippen LogP contribution < -0.4 is 5.32 Å². The van der Waals surface area contributed by atoms with Gasteiger partial charge < -0.3 is 5.32 Å². The quantitative estimate of drug-likeness (QED) is 0.875. The number of hydrogen-bond donors (Lipinski definition) is 1. The molecule has 2 rings (SSSR count). The minimum Gasteiger partial charge on any atom is -0.314 e. The Morgan fingerprint density at radius 2 is 2.47 bits per heavy atom. The number of piperidine rings is 1. The molecule has 1 N–H and O–H groups in total. The van der Waals surface area contributed by atoms with Gasteiger partial charge in [-0.1, -0.05) is 6.92 Å². The molecule has 0 amide bonds. The molecule has 96 valence electrons. The van der Waals surface area contributed by atoms with Crippen LogP contribution >= 0.6 is 0 Å². The van der Waals surface area contributed by atoms with E-state index in [1.165, 1.54) is 0 Å². The zero-order valence-electron chi connectivity index (χ0n) is 10.7. The van der Waals surface area contributed by atoms with Crippen LogP contribution in [-0.4, -0.2) is 28.5 Å². The van der Waals surface area contributed by atoms with Gasteiger partial charge in [-0.05, 0) is 38.8 Å². The van der Waals surface area contributed by atoms with Crippen molar-refractivity contribution >= 4 is 0 Å². The summed E-state index contributed by atoms with van der Waals surface area (Å²) in [6.45, 7) is 5.66. The lowest BCUT2D eigenvalue weighted by molar-refractivity contribution is 0.121. The molecule has 2 heterocycles. The van der Waals surface area contributed by atoms with Gasteiger partial charge in [-0.2, -0.15) is 5.10 Å². The fraction of sp³-hybridized carbons (Fsp3) is 0.769. The minimum absolute atomic E-state index is 0.392. The van der Waals surface area contributed by atoms with Gasteiger partial charge in [-0.25, -0.2) is 4.39 Å². The lowest BCUT2D eigenvalue weighted by Gasteiger charge is -2.29. The molecule has 1 fully saturated rings. The molecule has 1 aliphatic heterocycles. The highest BCUT2D eigenvalue weighted by atomic mass is 19.1. The standard InChI is InChI=1S/C13H22FN3/c1-3-11(2)17-8-5-12(16-17)9-13(14)6-4-7-15-10-13/h5,8,11,15H,3-4,6-7,9-10H2,1-2H3. The summed E-state index contributed by atoms with van der Waals surface area (Å²) in [5, 5.41) is 7.60. The third-order valence-corrected chi connectivity index (χ3v) is 3.62. The van der Waals surface area contributed by atoms with E-state index in [1.807, 2.05) is 16.9 Å². The highest BCUT2D eigenvalue weighted by Crippen LogP contribution is 2.25. The molecule has 0 spiro atoms. The number of nitrogens with one attached hydrogen (secondary N) is 1. The number of nitrogens with zero attached hydrogens (tertiary/aromatic N) is 2. The van der Waals surface area contributed by atoms with Crippen LogP contribution in [0.3, 0.4) is 0 Å². The van der Waals surface area contributed by atoms with Gasteiger partial charge in [0.15, 0.2) is 0 Å². The van der Waals surface area contributed by atoms with Crippen molar-refractivity contribution < 1.29 is 4.39 Å². The molecule has 2 atom stereocenters. The van der Waals surface area contributed by atoms with Gasteiger partial charge in [-0.3, -0.25) is 4.68 Å². The lowest BCUT2D eigenvalue weighted by Crippen LogP contribution is -2.43. The Hall–Kier alpha value is -0.900. The van der Waals surface area contributed by atoms with Gasteiger partial charge in [0.25, 0.3) is 0 Å². The molecule has 17 heavy (non-hydrogen) atoms. The van der Waals surface area contributed by atoms with Crippen molar-refractivity contribution in [2.75, 3.05) is 13.1 Å². The van der Waals surface area contributed by atoms with E-state index >= 15 is 0 Å². The Morgan fingerprint density at radius 1 is 1.65 bits per heavy atom. The summed E-state index contributed by atoms with van der Waals surface area (Å²) in [4.78, 5) is 0. The second kappa shape index (κ2) is 5.17. The third-order valence-electron chi connectivity index (χ3n) is 3.62. The Morgan fingerprint density at radius 3 is 3.12 bits per heavy atom. The zero-order valence-corrected chi connectivity index (χ0v) is 10.7. The van der Waals surface area contributed by atoms with Crippen LogP contribution in [0.4, 0.5) is 4.39 Å². The van der Waals surface area contributed by atoms with Crippen molar-refractivity contribution in [2.24, 2.45) is 0 Å². The van der Waals surface area contributed by atoms with Crippen molar-refractivity contribution in [3.05, 3.63) is 18.0 Å². The maximum atomic E-state index is 14.4. The van der Waals surface area contributed by atoms with E-state index in [0.717, 1.165) is 25.1 Å². The Bertz CT molecular complexity index is 355. The van der Waals surface area contributed by atoms with Crippen molar-refractivity contribution in [1.82, 2.24) is 15.1 Å². The van der Waals surface area contributed by atoms with E-state index in [0.29, 0.717) is 25.4 Å². The first kappa shape index (κ1) is 12.6. The molecule has 4 heteroatoms. The zero-order chi connectivity index (χ0) is 12.3. The minimum atomic E-state index is -1.10. The molecule has 1 aliphatic rings. The predicted molar refractivity (Wildman–Crippen MR) is 66.9 cm³/mol. The predicted octanol–water partition coefficient (Wildman–Crippen LogP) is 2.49. The van der Waals surface area contributed by atoms with Crippen molar-refractivity contribution in [1.29, 1.82) is 0 Å². The molecular weight excluding hydrogens is 217 g/mol. The largest absolute Gasteiger partial charge is 0.314 e. The fourth-order valence-corrected chi connectivity index (χ4v) is 2.31. The molecule has 0 saturated carbocycles. The van der Waals surface area contributed by atoms with Crippen LogP contribution in [-0.2, 0) is 6.42 Å². The monoisotopic (exact) mass is 239 g/mol. The summed E-state index contributed by atoms with van der Waals surface area (Å²) in [7, 11) is 0. The molecular formula is C13H22FN3. The van der Waals surface area contributed by atoms with Crippen LogP contribution in [0.2, 0.25) is 0 Å². The van der Waals surface area contributed by atoms with Crippen molar-refractivity contribution in [3.63, 3.8) is 0 Å². The summed E-state index contributed by atoms with van der Waals surface area (Å²) in [6, 6.07) is 2.34. The third kappa shape index (κ3) is 3.06.